The number of halogens is 1. The van der Waals surface area contributed by atoms with Crippen molar-refractivity contribution >= 4 is 33.2 Å². The molecule has 0 aromatic heterocycles. The van der Waals surface area contributed by atoms with Crippen LogP contribution < -0.4 is 11.1 Å². The minimum atomic E-state index is -0.0290. The summed E-state index contributed by atoms with van der Waals surface area (Å²) < 4.78 is 6.02. The van der Waals surface area contributed by atoms with Gasteiger partial charge in [-0.2, -0.15) is 0 Å². The molecule has 3 N–H and O–H groups in total. The van der Waals surface area contributed by atoms with Crippen LogP contribution in [-0.2, 0) is 9.53 Å². The van der Waals surface area contributed by atoms with Gasteiger partial charge in [-0.1, -0.05) is 0 Å². The Balaban J connectivity index is 2.51. The highest BCUT2D eigenvalue weighted by Crippen LogP contribution is 2.27. The summed E-state index contributed by atoms with van der Waals surface area (Å²) in [5.41, 5.74) is 8.17. The summed E-state index contributed by atoms with van der Waals surface area (Å²) >= 11 is 3.41. The molecule has 0 aliphatic carbocycles. The summed E-state index contributed by atoms with van der Waals surface area (Å²) in [5.74, 6) is -0.0290. The van der Waals surface area contributed by atoms with E-state index in [1.165, 1.54) is 0 Å². The van der Waals surface area contributed by atoms with Gasteiger partial charge >= 0.3 is 0 Å². The molecule has 1 aromatic rings. The molecule has 0 saturated carbocycles. The minimum Gasteiger partial charge on any atom is -0.398 e. The van der Waals surface area contributed by atoms with Crippen molar-refractivity contribution in [3.8, 4) is 0 Å². The first-order chi connectivity index (χ1) is 8.54. The van der Waals surface area contributed by atoms with Crippen molar-refractivity contribution in [2.45, 2.75) is 26.7 Å². The number of hydrogen-bond acceptors (Lipinski definition) is 3. The molecule has 0 fully saturated rings. The highest BCUT2D eigenvalue weighted by atomic mass is 79.9. The van der Waals surface area contributed by atoms with Gasteiger partial charge in [-0.3, -0.25) is 4.79 Å². The number of nitrogens with one attached hydrogen (secondary N) is 1. The molecule has 0 aliphatic rings. The number of carbonyl (C=O) groups is 1. The van der Waals surface area contributed by atoms with Crippen LogP contribution in [0.3, 0.4) is 0 Å². The number of carbonyl (C=O) groups excluding carboxylic acids is 1. The Morgan fingerprint density at radius 2 is 2.22 bits per heavy atom. The Morgan fingerprint density at radius 3 is 2.89 bits per heavy atom. The van der Waals surface area contributed by atoms with Crippen LogP contribution in [0.2, 0.25) is 0 Å². The van der Waals surface area contributed by atoms with E-state index in [0.29, 0.717) is 31.0 Å². The third-order valence-corrected chi connectivity index (χ3v) is 3.18. The fourth-order valence-electron chi connectivity index (χ4n) is 1.48. The maximum Gasteiger partial charge on any atom is 0.224 e. The van der Waals surface area contributed by atoms with E-state index in [1.54, 1.807) is 6.07 Å². The minimum absolute atomic E-state index is 0.0290. The molecule has 100 valence electrons. The number of ether oxygens (including phenoxy) is 1. The van der Waals surface area contributed by atoms with E-state index in [4.69, 9.17) is 10.5 Å². The van der Waals surface area contributed by atoms with E-state index in [2.05, 4.69) is 21.2 Å². The summed E-state index contributed by atoms with van der Waals surface area (Å²) in [6.07, 6.45) is 1.17. The van der Waals surface area contributed by atoms with Gasteiger partial charge in [-0.15, -0.1) is 0 Å². The molecule has 0 radical (unpaired) electrons. The zero-order valence-corrected chi connectivity index (χ0v) is 12.3. The molecule has 0 bridgehead atoms. The summed E-state index contributed by atoms with van der Waals surface area (Å²) in [6.45, 7) is 5.16. The summed E-state index contributed by atoms with van der Waals surface area (Å²) in [4.78, 5) is 11.7. The van der Waals surface area contributed by atoms with E-state index < -0.39 is 0 Å². The van der Waals surface area contributed by atoms with Gasteiger partial charge in [0.2, 0.25) is 5.91 Å². The lowest BCUT2D eigenvalue weighted by Gasteiger charge is -2.10. The summed E-state index contributed by atoms with van der Waals surface area (Å²) in [6, 6.07) is 3.66. The Morgan fingerprint density at radius 1 is 1.50 bits per heavy atom. The standard InChI is InChI=1S/C13H19BrN2O2/c1-3-18-6-4-5-13(17)16-12-8-11(15)9(2)7-10(12)14/h7-8H,3-6,15H2,1-2H3,(H,16,17). The Hall–Kier alpha value is -1.07. The highest BCUT2D eigenvalue weighted by Gasteiger charge is 2.07. The predicted molar refractivity (Wildman–Crippen MR) is 77.6 cm³/mol. The Kier molecular flexibility index (Phi) is 6.15. The number of benzene rings is 1. The maximum atomic E-state index is 11.7. The van der Waals surface area contributed by atoms with E-state index in [1.807, 2.05) is 19.9 Å². The molecular weight excluding hydrogens is 296 g/mol. The third kappa shape index (κ3) is 4.66. The molecule has 0 spiro atoms. The van der Waals surface area contributed by atoms with Gasteiger partial charge in [0.1, 0.15) is 0 Å². The fraction of sp³-hybridized carbons (Fsp3) is 0.462. The number of amides is 1. The quantitative estimate of drug-likeness (QED) is 0.626. The lowest BCUT2D eigenvalue weighted by atomic mass is 10.2. The van der Waals surface area contributed by atoms with Crippen molar-refractivity contribution in [3.63, 3.8) is 0 Å². The van der Waals surface area contributed by atoms with Gasteiger partial charge in [0, 0.05) is 29.8 Å². The first-order valence-electron chi connectivity index (χ1n) is 5.97. The van der Waals surface area contributed by atoms with Crippen molar-refractivity contribution in [1.29, 1.82) is 0 Å². The third-order valence-electron chi connectivity index (χ3n) is 2.53. The van der Waals surface area contributed by atoms with Crippen molar-refractivity contribution in [1.82, 2.24) is 0 Å². The van der Waals surface area contributed by atoms with Crippen LogP contribution in [-0.4, -0.2) is 19.1 Å². The highest BCUT2D eigenvalue weighted by molar-refractivity contribution is 9.10. The smallest absolute Gasteiger partial charge is 0.224 e. The van der Waals surface area contributed by atoms with Crippen LogP contribution >= 0.6 is 15.9 Å². The molecular formula is C13H19BrN2O2. The normalized spacial score (nSPS) is 10.4. The van der Waals surface area contributed by atoms with E-state index >= 15 is 0 Å². The van der Waals surface area contributed by atoms with Gasteiger partial charge in [-0.05, 0) is 53.9 Å². The van der Waals surface area contributed by atoms with Crippen LogP contribution in [0.4, 0.5) is 11.4 Å². The van der Waals surface area contributed by atoms with Crippen LogP contribution in [0.15, 0.2) is 16.6 Å². The molecule has 0 aliphatic heterocycles. The number of nitrogens with two attached hydrogens (primary N) is 1. The number of anilines is 2. The lowest BCUT2D eigenvalue weighted by Crippen LogP contribution is -2.13. The molecule has 4 nitrogen and oxygen atoms in total. The molecule has 0 unspecified atom stereocenters. The second-order valence-corrected chi connectivity index (χ2v) is 4.89. The van der Waals surface area contributed by atoms with Crippen LogP contribution in [0.1, 0.15) is 25.3 Å². The molecule has 1 aromatic carbocycles. The van der Waals surface area contributed by atoms with Gasteiger partial charge in [0.25, 0.3) is 0 Å². The van der Waals surface area contributed by atoms with Gasteiger partial charge in [-0.25, -0.2) is 0 Å². The number of hydrogen-bond donors (Lipinski definition) is 2. The van der Waals surface area contributed by atoms with Crippen molar-refractivity contribution in [2.24, 2.45) is 0 Å². The van der Waals surface area contributed by atoms with Gasteiger partial charge < -0.3 is 15.8 Å². The van der Waals surface area contributed by atoms with Crippen molar-refractivity contribution < 1.29 is 9.53 Å². The Labute approximate surface area is 116 Å². The van der Waals surface area contributed by atoms with Gasteiger partial charge in [0.15, 0.2) is 0 Å². The van der Waals surface area contributed by atoms with Crippen LogP contribution in [0.25, 0.3) is 0 Å². The average molecular weight is 315 g/mol. The van der Waals surface area contributed by atoms with Crippen LogP contribution in [0, 0.1) is 6.92 Å². The summed E-state index contributed by atoms with van der Waals surface area (Å²) in [5, 5.41) is 2.83. The lowest BCUT2D eigenvalue weighted by molar-refractivity contribution is -0.116. The summed E-state index contributed by atoms with van der Waals surface area (Å²) in [7, 11) is 0. The van der Waals surface area contributed by atoms with Crippen molar-refractivity contribution in [2.75, 3.05) is 24.3 Å². The molecule has 5 heteroatoms. The molecule has 1 rings (SSSR count). The zero-order chi connectivity index (χ0) is 13.5. The zero-order valence-electron chi connectivity index (χ0n) is 10.8. The second kappa shape index (κ2) is 7.38. The fourth-order valence-corrected chi connectivity index (χ4v) is 2.03. The van der Waals surface area contributed by atoms with Gasteiger partial charge in [0.05, 0.1) is 5.69 Å². The van der Waals surface area contributed by atoms with E-state index in [9.17, 15) is 4.79 Å². The number of aryl methyl sites for hydroxylation is 1. The molecule has 0 atom stereocenters. The second-order valence-electron chi connectivity index (χ2n) is 4.04. The molecule has 1 amide bonds. The Bertz CT molecular complexity index is 422. The molecule has 0 saturated heterocycles. The predicted octanol–water partition coefficient (Wildman–Crippen LogP) is 3.09. The maximum absolute atomic E-state index is 11.7. The topological polar surface area (TPSA) is 64.3 Å². The first kappa shape index (κ1) is 15.0. The average Bonchev–Trinajstić information content (AvgIpc) is 2.32. The molecule has 18 heavy (non-hydrogen) atoms. The number of rotatable bonds is 6. The van der Waals surface area contributed by atoms with Crippen molar-refractivity contribution in [3.05, 3.63) is 22.2 Å². The SMILES string of the molecule is CCOCCCC(=O)Nc1cc(N)c(C)cc1Br. The largest absolute Gasteiger partial charge is 0.398 e. The number of nitrogen functional groups attached to an aromatic ring is 1. The van der Waals surface area contributed by atoms with Crippen LogP contribution in [0.5, 0.6) is 0 Å². The first-order valence-corrected chi connectivity index (χ1v) is 6.77. The van der Waals surface area contributed by atoms with E-state index in [0.717, 1.165) is 16.5 Å². The monoisotopic (exact) mass is 314 g/mol. The molecule has 0 heterocycles. The van der Waals surface area contributed by atoms with E-state index in [-0.39, 0.29) is 5.91 Å².